The second-order valence-corrected chi connectivity index (χ2v) is 1.91. The van der Waals surface area contributed by atoms with Gasteiger partial charge < -0.3 is 17.3 Å². The molecule has 0 aromatic carbocycles. The number of hydrogen-bond donors (Lipinski definition) is 2. The average Bonchev–Trinajstić information content (AvgIpc) is 1.12. The van der Waals surface area contributed by atoms with E-state index in [1.54, 1.807) is 0 Å². The fourth-order valence-electron chi connectivity index (χ4n) is 0. The number of hydrogen-bond acceptors (Lipinski definition) is 1. The molecule has 0 aromatic rings. The molecule has 0 saturated heterocycles. The van der Waals surface area contributed by atoms with E-state index >= 15 is 0 Å². The first kappa shape index (κ1) is 17.5. The molecule has 0 bridgehead atoms. The molecule has 0 aliphatic carbocycles. The summed E-state index contributed by atoms with van der Waals surface area (Å²) in [5.41, 5.74) is 0. The van der Waals surface area contributed by atoms with Crippen molar-refractivity contribution in [3.63, 3.8) is 0 Å². The third kappa shape index (κ3) is 3510. The quantitative estimate of drug-likeness (QED) is 0.276. The van der Waals surface area contributed by atoms with Gasteiger partial charge in [-0.15, -0.1) is 4.20 Å². The summed E-state index contributed by atoms with van der Waals surface area (Å²) in [4.78, 5) is 13.9. The SMILES string of the molecule is F[B-](F)(F)F.O=P(O)(O)F.[Li+]. The zero-order valence-corrected chi connectivity index (χ0v) is 6.11. The maximum Gasteiger partial charge on any atom is 1.00 e. The van der Waals surface area contributed by atoms with Gasteiger partial charge in [-0.3, -0.25) is 9.79 Å². The van der Waals surface area contributed by atoms with Gasteiger partial charge in [0.1, 0.15) is 0 Å². The van der Waals surface area contributed by atoms with Gasteiger partial charge in [-0.25, -0.2) is 4.57 Å². The Balaban J connectivity index is -0.000000107. The van der Waals surface area contributed by atoms with Gasteiger partial charge in [-0.1, -0.05) is 0 Å². The minimum Gasteiger partial charge on any atom is -0.418 e. The molecule has 0 saturated carbocycles. The largest absolute Gasteiger partial charge is 1.00 e. The van der Waals surface area contributed by atoms with Gasteiger partial charge in [-0.2, -0.15) is 0 Å². The first-order chi connectivity index (χ1) is 4.00. The van der Waals surface area contributed by atoms with Crippen molar-refractivity contribution in [3.05, 3.63) is 0 Å². The summed E-state index contributed by atoms with van der Waals surface area (Å²) in [5.74, 6) is 0. The third-order valence-electron chi connectivity index (χ3n) is 0. The monoisotopic (exact) mass is 194 g/mol. The summed E-state index contributed by atoms with van der Waals surface area (Å²) in [7, 11) is -11.1. The molecule has 0 aliphatic heterocycles. The second-order valence-electron chi connectivity index (χ2n) is 0.968. The van der Waals surface area contributed by atoms with Crippen LogP contribution in [0.25, 0.3) is 0 Å². The number of rotatable bonds is 0. The van der Waals surface area contributed by atoms with Crippen LogP contribution in [0.5, 0.6) is 0 Å². The molecule has 0 unspecified atom stereocenters. The molecular weight excluding hydrogens is 192 g/mol. The Labute approximate surface area is 70.5 Å². The Morgan fingerprint density at radius 1 is 1.09 bits per heavy atom. The summed E-state index contributed by atoms with van der Waals surface area (Å²) < 4.78 is 58.0. The van der Waals surface area contributed by atoms with E-state index in [-0.39, 0.29) is 18.9 Å². The minimum absolute atomic E-state index is 0. The molecule has 0 fully saturated rings. The predicted molar refractivity (Wildman–Crippen MR) is 23.3 cm³/mol. The molecule has 2 N–H and O–H groups in total. The van der Waals surface area contributed by atoms with Crippen LogP contribution in [0, 0.1) is 0 Å². The molecule has 0 aliphatic rings. The van der Waals surface area contributed by atoms with Crippen molar-refractivity contribution in [1.82, 2.24) is 0 Å². The molecule has 0 amide bonds. The molecule has 0 radical (unpaired) electrons. The van der Waals surface area contributed by atoms with E-state index in [1.807, 2.05) is 0 Å². The zero-order chi connectivity index (χ0) is 9.00. The van der Waals surface area contributed by atoms with Gasteiger partial charge in [0, 0.05) is 0 Å². The Morgan fingerprint density at radius 3 is 1.09 bits per heavy atom. The van der Waals surface area contributed by atoms with Gasteiger partial charge in [-0.05, 0) is 0 Å². The molecule has 11 heavy (non-hydrogen) atoms. The molecule has 0 heterocycles. The normalized spacial score (nSPS) is 10.8. The third-order valence-corrected chi connectivity index (χ3v) is 0. The molecule has 0 spiro atoms. The van der Waals surface area contributed by atoms with Crippen LogP contribution in [0.15, 0.2) is 0 Å². The van der Waals surface area contributed by atoms with Crippen LogP contribution in [0.3, 0.4) is 0 Å². The molecular formula is H2BF5LiO3P. The topological polar surface area (TPSA) is 57.5 Å². The van der Waals surface area contributed by atoms with Gasteiger partial charge in [0.2, 0.25) is 0 Å². The van der Waals surface area contributed by atoms with E-state index in [0.717, 1.165) is 0 Å². The average molecular weight is 194 g/mol. The molecule has 0 atom stereocenters. The second kappa shape index (κ2) is 6.03. The van der Waals surface area contributed by atoms with E-state index < -0.39 is 15.2 Å². The van der Waals surface area contributed by atoms with Crippen molar-refractivity contribution in [3.8, 4) is 0 Å². The molecule has 11 heteroatoms. The van der Waals surface area contributed by atoms with Crippen molar-refractivity contribution < 1.29 is 54.7 Å². The fraction of sp³-hybridized carbons (Fsp3) is 0. The van der Waals surface area contributed by atoms with Crippen LogP contribution < -0.4 is 18.9 Å². The number of halogens is 5. The van der Waals surface area contributed by atoms with Gasteiger partial charge in [0.15, 0.2) is 0 Å². The van der Waals surface area contributed by atoms with E-state index in [9.17, 15) is 21.5 Å². The van der Waals surface area contributed by atoms with E-state index in [1.165, 1.54) is 0 Å². The van der Waals surface area contributed by atoms with Gasteiger partial charge in [0.05, 0.1) is 0 Å². The maximum absolute atomic E-state index is 10.4. The van der Waals surface area contributed by atoms with Crippen LogP contribution in [0.1, 0.15) is 0 Å². The predicted octanol–water partition coefficient (Wildman–Crippen LogP) is -1.65. The Morgan fingerprint density at radius 2 is 1.09 bits per heavy atom. The molecule has 0 aromatic heterocycles. The van der Waals surface area contributed by atoms with Crippen molar-refractivity contribution in [1.29, 1.82) is 0 Å². The van der Waals surface area contributed by atoms with Crippen LogP contribution in [-0.4, -0.2) is 17.0 Å². The maximum atomic E-state index is 10.4. The van der Waals surface area contributed by atoms with Crippen LogP contribution in [0.2, 0.25) is 0 Å². The zero-order valence-electron chi connectivity index (χ0n) is 5.22. The summed E-state index contributed by atoms with van der Waals surface area (Å²) in [5, 5.41) is 0. The minimum atomic E-state index is -6.00. The van der Waals surface area contributed by atoms with Gasteiger partial charge >= 0.3 is 34.0 Å². The summed E-state index contributed by atoms with van der Waals surface area (Å²) in [6.45, 7) is 0. The molecule has 0 rings (SSSR count). The van der Waals surface area contributed by atoms with E-state index in [2.05, 4.69) is 0 Å². The van der Waals surface area contributed by atoms with Crippen molar-refractivity contribution in [2.75, 3.05) is 0 Å². The van der Waals surface area contributed by atoms with E-state index in [0.29, 0.717) is 0 Å². The van der Waals surface area contributed by atoms with Crippen molar-refractivity contribution in [2.24, 2.45) is 0 Å². The first-order valence-corrected chi connectivity index (χ1v) is 3.13. The van der Waals surface area contributed by atoms with E-state index in [4.69, 9.17) is 14.4 Å². The molecule has 3 nitrogen and oxygen atoms in total. The summed E-state index contributed by atoms with van der Waals surface area (Å²) >= 11 is 0. The van der Waals surface area contributed by atoms with Crippen LogP contribution in [-0.2, 0) is 4.57 Å². The Hall–Kier alpha value is 0.462. The smallest absolute Gasteiger partial charge is 0.418 e. The van der Waals surface area contributed by atoms with Crippen molar-refractivity contribution in [2.45, 2.75) is 0 Å². The van der Waals surface area contributed by atoms with Gasteiger partial charge in [0.25, 0.3) is 0 Å². The van der Waals surface area contributed by atoms with Crippen LogP contribution in [0.4, 0.5) is 21.5 Å². The summed E-state index contributed by atoms with van der Waals surface area (Å²) in [6, 6.07) is 0. The standard InChI is InChI=1S/BF4.FH2O3P.Li/c2-1(3,4)5;1-5(2,3)4;/h;(H2,2,3,4);/q-1;;+1. The fourth-order valence-corrected chi connectivity index (χ4v) is 0. The molecule has 64 valence electrons. The van der Waals surface area contributed by atoms with Crippen LogP contribution >= 0.6 is 7.91 Å². The Bertz CT molecular complexity index is 114. The summed E-state index contributed by atoms with van der Waals surface area (Å²) in [6.07, 6.45) is 0. The Kier molecular flexibility index (Phi) is 9.61. The first-order valence-electron chi connectivity index (χ1n) is 1.62. The van der Waals surface area contributed by atoms with Crippen molar-refractivity contribution >= 4 is 15.2 Å².